The smallest absolute Gasteiger partial charge is 0.249 e. The second-order valence-corrected chi connectivity index (χ2v) is 5.05. The molecule has 1 heterocycles. The lowest BCUT2D eigenvalue weighted by Crippen LogP contribution is -2.45. The van der Waals surface area contributed by atoms with Gasteiger partial charge in [0.15, 0.2) is 0 Å². The number of rotatable bonds is 3. The number of nitrogens with zero attached hydrogens (tertiary/aromatic N) is 1. The van der Waals surface area contributed by atoms with Crippen LogP contribution >= 0.6 is 0 Å². The molecule has 0 spiro atoms. The summed E-state index contributed by atoms with van der Waals surface area (Å²) >= 11 is 0. The Morgan fingerprint density at radius 3 is 2.56 bits per heavy atom. The number of hydrogen-bond donors (Lipinski definition) is 1. The average Bonchev–Trinajstić information content (AvgIpc) is 2.61. The summed E-state index contributed by atoms with van der Waals surface area (Å²) in [5, 5.41) is 0. The fourth-order valence-electron chi connectivity index (χ4n) is 1.72. The van der Waals surface area contributed by atoms with Gasteiger partial charge in [-0.05, 0) is 33.6 Å². The first-order chi connectivity index (χ1) is 7.31. The Morgan fingerprint density at radius 2 is 2.06 bits per heavy atom. The molecule has 0 aromatic rings. The molecule has 2 N–H and O–H groups in total. The molecule has 1 fully saturated rings. The number of primary amides is 1. The maximum Gasteiger partial charge on any atom is 0.249 e. The van der Waals surface area contributed by atoms with Crippen molar-refractivity contribution in [2.24, 2.45) is 5.73 Å². The zero-order valence-electron chi connectivity index (χ0n) is 10.2. The first-order valence-corrected chi connectivity index (χ1v) is 5.54. The summed E-state index contributed by atoms with van der Waals surface area (Å²) in [6, 6.07) is -0.448. The lowest BCUT2D eigenvalue weighted by atomic mass is 10.2. The predicted octanol–water partition coefficient (Wildman–Crippen LogP) is 0.278. The Kier molecular flexibility index (Phi) is 3.91. The standard InChI is InChI=1S/C11H20N2O3/c1-11(2,3)16-7-9(14)13-6-4-5-8(13)10(12)15/h8H,4-7H2,1-3H3,(H2,12,15). The molecule has 0 radical (unpaired) electrons. The third-order valence-corrected chi connectivity index (χ3v) is 2.53. The Labute approximate surface area is 95.9 Å². The molecule has 1 aliphatic rings. The molecule has 16 heavy (non-hydrogen) atoms. The van der Waals surface area contributed by atoms with Crippen LogP contribution in [0.25, 0.3) is 0 Å². The van der Waals surface area contributed by atoms with E-state index in [-0.39, 0.29) is 18.1 Å². The van der Waals surface area contributed by atoms with E-state index in [2.05, 4.69) is 0 Å². The molecule has 1 saturated heterocycles. The van der Waals surface area contributed by atoms with Crippen LogP contribution in [0.15, 0.2) is 0 Å². The van der Waals surface area contributed by atoms with Crippen molar-refractivity contribution in [2.75, 3.05) is 13.2 Å². The van der Waals surface area contributed by atoms with Gasteiger partial charge in [0.1, 0.15) is 12.6 Å². The highest BCUT2D eigenvalue weighted by atomic mass is 16.5. The van der Waals surface area contributed by atoms with Crippen LogP contribution < -0.4 is 5.73 Å². The summed E-state index contributed by atoms with van der Waals surface area (Å²) in [5.41, 5.74) is 4.88. The number of carbonyl (C=O) groups is 2. The lowest BCUT2D eigenvalue weighted by Gasteiger charge is -2.25. The molecule has 5 nitrogen and oxygen atoms in total. The van der Waals surface area contributed by atoms with Gasteiger partial charge in [0.05, 0.1) is 5.60 Å². The van der Waals surface area contributed by atoms with Gasteiger partial charge in [-0.15, -0.1) is 0 Å². The summed E-state index contributed by atoms with van der Waals surface area (Å²) in [6.07, 6.45) is 1.49. The van der Waals surface area contributed by atoms with Gasteiger partial charge in [0, 0.05) is 6.54 Å². The van der Waals surface area contributed by atoms with E-state index >= 15 is 0 Å². The van der Waals surface area contributed by atoms with Crippen LogP contribution in [0.5, 0.6) is 0 Å². The Balaban J connectivity index is 2.50. The highest BCUT2D eigenvalue weighted by Crippen LogP contribution is 2.17. The van der Waals surface area contributed by atoms with E-state index in [1.54, 1.807) is 0 Å². The van der Waals surface area contributed by atoms with Gasteiger partial charge in [-0.3, -0.25) is 9.59 Å². The van der Waals surface area contributed by atoms with Gasteiger partial charge in [-0.25, -0.2) is 0 Å². The second-order valence-electron chi connectivity index (χ2n) is 5.05. The topological polar surface area (TPSA) is 72.6 Å². The van der Waals surface area contributed by atoms with Crippen molar-refractivity contribution in [1.29, 1.82) is 0 Å². The van der Waals surface area contributed by atoms with Crippen LogP contribution in [0.4, 0.5) is 0 Å². The number of hydrogen-bond acceptors (Lipinski definition) is 3. The number of likely N-dealkylation sites (tertiary alicyclic amines) is 1. The molecule has 0 bridgehead atoms. The molecule has 0 aromatic carbocycles. The summed E-state index contributed by atoms with van der Waals surface area (Å²) < 4.78 is 5.39. The minimum Gasteiger partial charge on any atom is -0.368 e. The third-order valence-electron chi connectivity index (χ3n) is 2.53. The largest absolute Gasteiger partial charge is 0.368 e. The number of ether oxygens (including phenoxy) is 1. The molecule has 0 saturated carbocycles. The van der Waals surface area contributed by atoms with Crippen LogP contribution in [0.1, 0.15) is 33.6 Å². The summed E-state index contributed by atoms with van der Waals surface area (Å²) in [5.74, 6) is -0.585. The fourth-order valence-corrected chi connectivity index (χ4v) is 1.72. The minimum atomic E-state index is -0.448. The van der Waals surface area contributed by atoms with Gasteiger partial charge in [-0.1, -0.05) is 0 Å². The van der Waals surface area contributed by atoms with E-state index in [0.717, 1.165) is 6.42 Å². The van der Waals surface area contributed by atoms with Crippen LogP contribution in [0, 0.1) is 0 Å². The van der Waals surface area contributed by atoms with Crippen molar-refractivity contribution >= 4 is 11.8 Å². The van der Waals surface area contributed by atoms with Gasteiger partial charge < -0.3 is 15.4 Å². The maximum absolute atomic E-state index is 11.8. The van der Waals surface area contributed by atoms with Gasteiger partial charge >= 0.3 is 0 Å². The van der Waals surface area contributed by atoms with E-state index in [4.69, 9.17) is 10.5 Å². The van der Waals surface area contributed by atoms with Crippen molar-refractivity contribution in [3.63, 3.8) is 0 Å². The first-order valence-electron chi connectivity index (χ1n) is 5.54. The van der Waals surface area contributed by atoms with E-state index in [9.17, 15) is 9.59 Å². The third kappa shape index (κ3) is 3.48. The van der Waals surface area contributed by atoms with Crippen molar-refractivity contribution in [2.45, 2.75) is 45.3 Å². The molecule has 2 amide bonds. The Morgan fingerprint density at radius 1 is 1.44 bits per heavy atom. The van der Waals surface area contributed by atoms with E-state index in [1.165, 1.54) is 4.90 Å². The predicted molar refractivity (Wildman–Crippen MR) is 59.6 cm³/mol. The Bertz CT molecular complexity index is 283. The normalized spacial score (nSPS) is 21.2. The number of nitrogens with two attached hydrogens (primary N) is 1. The van der Waals surface area contributed by atoms with E-state index in [0.29, 0.717) is 13.0 Å². The fraction of sp³-hybridized carbons (Fsp3) is 0.818. The first kappa shape index (κ1) is 13.0. The molecule has 1 aliphatic heterocycles. The zero-order chi connectivity index (χ0) is 12.3. The highest BCUT2D eigenvalue weighted by Gasteiger charge is 2.32. The lowest BCUT2D eigenvalue weighted by molar-refractivity contribution is -0.145. The maximum atomic E-state index is 11.8. The molecule has 0 aliphatic carbocycles. The average molecular weight is 228 g/mol. The summed E-state index contributed by atoms with van der Waals surface area (Å²) in [6.45, 7) is 6.26. The summed E-state index contributed by atoms with van der Waals surface area (Å²) in [7, 11) is 0. The number of carbonyl (C=O) groups excluding carboxylic acids is 2. The van der Waals surface area contributed by atoms with Crippen molar-refractivity contribution in [3.05, 3.63) is 0 Å². The highest BCUT2D eigenvalue weighted by molar-refractivity contribution is 5.87. The van der Waals surface area contributed by atoms with Gasteiger partial charge in [0.25, 0.3) is 0 Å². The zero-order valence-corrected chi connectivity index (χ0v) is 10.2. The second kappa shape index (κ2) is 4.82. The van der Waals surface area contributed by atoms with Gasteiger partial charge in [0.2, 0.25) is 11.8 Å². The number of amides is 2. The monoisotopic (exact) mass is 228 g/mol. The molecule has 92 valence electrons. The van der Waals surface area contributed by atoms with E-state index in [1.807, 2.05) is 20.8 Å². The molecule has 0 aromatic heterocycles. The molecular formula is C11H20N2O3. The van der Waals surface area contributed by atoms with Crippen LogP contribution in [0.2, 0.25) is 0 Å². The van der Waals surface area contributed by atoms with Crippen molar-refractivity contribution in [3.8, 4) is 0 Å². The summed E-state index contributed by atoms with van der Waals surface area (Å²) in [4.78, 5) is 24.4. The van der Waals surface area contributed by atoms with Crippen molar-refractivity contribution < 1.29 is 14.3 Å². The van der Waals surface area contributed by atoms with Crippen LogP contribution in [-0.2, 0) is 14.3 Å². The van der Waals surface area contributed by atoms with Crippen LogP contribution in [-0.4, -0.2) is 41.5 Å². The Hall–Kier alpha value is -1.10. The van der Waals surface area contributed by atoms with E-state index < -0.39 is 11.9 Å². The molecule has 5 heteroatoms. The quantitative estimate of drug-likeness (QED) is 0.754. The molecular weight excluding hydrogens is 208 g/mol. The van der Waals surface area contributed by atoms with Gasteiger partial charge in [-0.2, -0.15) is 0 Å². The molecule has 1 rings (SSSR count). The molecule has 1 atom stereocenters. The minimum absolute atomic E-state index is 0.00722. The van der Waals surface area contributed by atoms with Crippen molar-refractivity contribution in [1.82, 2.24) is 4.90 Å². The van der Waals surface area contributed by atoms with Crippen LogP contribution in [0.3, 0.4) is 0 Å². The molecule has 1 unspecified atom stereocenters. The SMILES string of the molecule is CC(C)(C)OCC(=O)N1CCCC1C(N)=O.